The number of nitrogens with zero attached hydrogens (tertiary/aromatic N) is 1. The number of hydrogen-bond donors (Lipinski definition) is 1. The first-order valence-electron chi connectivity index (χ1n) is 8.37. The SMILES string of the molecule is CON(C)C(=O)Nc1cccc(CCCC2CCCCC2)c1. The number of urea groups is 1. The number of carbonyl (C=O) groups is 1. The van der Waals surface area contributed by atoms with E-state index in [0.29, 0.717) is 0 Å². The Hall–Kier alpha value is -1.55. The number of hydroxylamine groups is 2. The topological polar surface area (TPSA) is 41.6 Å². The molecule has 1 aromatic rings. The Bertz CT molecular complexity index is 470. The monoisotopic (exact) mass is 304 g/mol. The zero-order valence-electron chi connectivity index (χ0n) is 13.8. The van der Waals surface area contributed by atoms with Crippen molar-refractivity contribution in [2.45, 2.75) is 51.4 Å². The fourth-order valence-electron chi connectivity index (χ4n) is 3.16. The van der Waals surface area contributed by atoms with E-state index in [1.165, 1.54) is 62.7 Å². The lowest BCUT2D eigenvalue weighted by Crippen LogP contribution is -2.30. The predicted molar refractivity (Wildman–Crippen MR) is 89.7 cm³/mol. The van der Waals surface area contributed by atoms with Crippen LogP contribution in [0.2, 0.25) is 0 Å². The maximum absolute atomic E-state index is 11.8. The van der Waals surface area contributed by atoms with Crippen LogP contribution in [-0.4, -0.2) is 25.3 Å². The van der Waals surface area contributed by atoms with Gasteiger partial charge in [-0.15, -0.1) is 0 Å². The van der Waals surface area contributed by atoms with E-state index in [9.17, 15) is 4.79 Å². The molecule has 0 bridgehead atoms. The van der Waals surface area contributed by atoms with E-state index in [2.05, 4.69) is 17.4 Å². The molecule has 2 amide bonds. The summed E-state index contributed by atoms with van der Waals surface area (Å²) in [6.07, 6.45) is 10.7. The largest absolute Gasteiger partial charge is 0.345 e. The fraction of sp³-hybridized carbons (Fsp3) is 0.611. The number of carbonyl (C=O) groups excluding carboxylic acids is 1. The Morgan fingerprint density at radius 3 is 2.82 bits per heavy atom. The van der Waals surface area contributed by atoms with Crippen LogP contribution < -0.4 is 5.32 Å². The Balaban J connectivity index is 1.79. The summed E-state index contributed by atoms with van der Waals surface area (Å²) in [5.74, 6) is 0.937. The van der Waals surface area contributed by atoms with E-state index in [-0.39, 0.29) is 6.03 Å². The van der Waals surface area contributed by atoms with Crippen LogP contribution in [0.3, 0.4) is 0 Å². The summed E-state index contributed by atoms with van der Waals surface area (Å²) in [5, 5.41) is 4.01. The Morgan fingerprint density at radius 2 is 2.09 bits per heavy atom. The summed E-state index contributed by atoms with van der Waals surface area (Å²) in [5.41, 5.74) is 2.11. The molecule has 0 spiro atoms. The highest BCUT2D eigenvalue weighted by Crippen LogP contribution is 2.28. The number of benzene rings is 1. The number of rotatable bonds is 6. The maximum atomic E-state index is 11.8. The van der Waals surface area contributed by atoms with E-state index < -0.39 is 0 Å². The molecule has 0 unspecified atom stereocenters. The first kappa shape index (κ1) is 16.8. The van der Waals surface area contributed by atoms with Gasteiger partial charge in [-0.2, -0.15) is 0 Å². The molecular weight excluding hydrogens is 276 g/mol. The molecule has 0 radical (unpaired) electrons. The van der Waals surface area contributed by atoms with Gasteiger partial charge in [0, 0.05) is 12.7 Å². The van der Waals surface area contributed by atoms with Gasteiger partial charge in [0.15, 0.2) is 0 Å². The summed E-state index contributed by atoms with van der Waals surface area (Å²) in [6, 6.07) is 7.84. The molecule has 2 rings (SSSR count). The number of aryl methyl sites for hydroxylation is 1. The standard InChI is InChI=1S/C18H28N2O2/c1-20(22-2)18(21)19-17-13-7-12-16(14-17)11-6-10-15-8-4-3-5-9-15/h7,12-15H,3-6,8-11H2,1-2H3,(H,19,21). The van der Waals surface area contributed by atoms with Gasteiger partial charge in [-0.25, -0.2) is 9.86 Å². The Morgan fingerprint density at radius 1 is 1.32 bits per heavy atom. The number of hydrogen-bond acceptors (Lipinski definition) is 2. The first-order chi connectivity index (χ1) is 10.7. The highest BCUT2D eigenvalue weighted by molar-refractivity contribution is 5.88. The molecule has 1 saturated carbocycles. The van der Waals surface area contributed by atoms with Gasteiger partial charge in [0.2, 0.25) is 0 Å². The van der Waals surface area contributed by atoms with Gasteiger partial charge in [-0.3, -0.25) is 4.84 Å². The van der Waals surface area contributed by atoms with E-state index in [4.69, 9.17) is 4.84 Å². The number of anilines is 1. The first-order valence-corrected chi connectivity index (χ1v) is 8.37. The van der Waals surface area contributed by atoms with Crippen molar-refractivity contribution in [3.05, 3.63) is 29.8 Å². The second-order valence-corrected chi connectivity index (χ2v) is 6.21. The molecular formula is C18H28N2O2. The molecule has 0 saturated heterocycles. The van der Waals surface area contributed by atoms with E-state index in [1.807, 2.05) is 12.1 Å². The molecule has 1 aromatic carbocycles. The molecule has 22 heavy (non-hydrogen) atoms. The van der Waals surface area contributed by atoms with Gasteiger partial charge in [-0.1, -0.05) is 50.7 Å². The molecule has 0 heterocycles. The maximum Gasteiger partial charge on any atom is 0.345 e. The summed E-state index contributed by atoms with van der Waals surface area (Å²) < 4.78 is 0. The summed E-state index contributed by atoms with van der Waals surface area (Å²) in [4.78, 5) is 16.6. The van der Waals surface area contributed by atoms with Crippen molar-refractivity contribution in [1.29, 1.82) is 0 Å². The van der Waals surface area contributed by atoms with Crippen LogP contribution in [0.25, 0.3) is 0 Å². The minimum atomic E-state index is -0.262. The zero-order valence-corrected chi connectivity index (χ0v) is 13.8. The smallest absolute Gasteiger partial charge is 0.306 e. The van der Waals surface area contributed by atoms with Gasteiger partial charge in [0.25, 0.3) is 0 Å². The molecule has 0 aliphatic heterocycles. The van der Waals surface area contributed by atoms with E-state index >= 15 is 0 Å². The van der Waals surface area contributed by atoms with Crippen molar-refractivity contribution in [2.75, 3.05) is 19.5 Å². The quantitative estimate of drug-likeness (QED) is 0.779. The van der Waals surface area contributed by atoms with Crippen LogP contribution in [-0.2, 0) is 11.3 Å². The van der Waals surface area contributed by atoms with Crippen molar-refractivity contribution >= 4 is 11.7 Å². The van der Waals surface area contributed by atoms with Crippen LogP contribution in [0.15, 0.2) is 24.3 Å². The zero-order chi connectivity index (χ0) is 15.8. The van der Waals surface area contributed by atoms with Crippen molar-refractivity contribution in [2.24, 2.45) is 5.92 Å². The van der Waals surface area contributed by atoms with Crippen LogP contribution >= 0.6 is 0 Å². The van der Waals surface area contributed by atoms with Crippen molar-refractivity contribution in [1.82, 2.24) is 5.06 Å². The fourth-order valence-corrected chi connectivity index (χ4v) is 3.16. The van der Waals surface area contributed by atoms with Crippen LogP contribution in [0.1, 0.15) is 50.5 Å². The summed E-state index contributed by atoms with van der Waals surface area (Å²) >= 11 is 0. The minimum absolute atomic E-state index is 0.262. The van der Waals surface area contributed by atoms with Crippen LogP contribution in [0.5, 0.6) is 0 Å². The second kappa shape index (κ2) is 8.79. The van der Waals surface area contributed by atoms with Crippen molar-refractivity contribution in [3.63, 3.8) is 0 Å². The number of amides is 2. The van der Waals surface area contributed by atoms with Gasteiger partial charge in [-0.05, 0) is 36.5 Å². The molecule has 4 nitrogen and oxygen atoms in total. The molecule has 1 aliphatic rings. The molecule has 1 fully saturated rings. The van der Waals surface area contributed by atoms with Crippen LogP contribution in [0, 0.1) is 5.92 Å². The highest BCUT2D eigenvalue weighted by atomic mass is 16.7. The van der Waals surface area contributed by atoms with Crippen LogP contribution in [0.4, 0.5) is 10.5 Å². The van der Waals surface area contributed by atoms with E-state index in [0.717, 1.165) is 18.0 Å². The highest BCUT2D eigenvalue weighted by Gasteiger charge is 2.13. The van der Waals surface area contributed by atoms with Gasteiger partial charge in [0.05, 0.1) is 7.11 Å². The average molecular weight is 304 g/mol. The summed E-state index contributed by atoms with van der Waals surface area (Å²) in [6.45, 7) is 0. The third-order valence-electron chi connectivity index (χ3n) is 4.54. The molecule has 1 N–H and O–H groups in total. The minimum Gasteiger partial charge on any atom is -0.306 e. The van der Waals surface area contributed by atoms with Crippen molar-refractivity contribution in [3.8, 4) is 0 Å². The molecule has 0 aromatic heterocycles. The lowest BCUT2D eigenvalue weighted by molar-refractivity contribution is -0.0598. The second-order valence-electron chi connectivity index (χ2n) is 6.21. The third kappa shape index (κ3) is 5.34. The summed E-state index contributed by atoms with van der Waals surface area (Å²) in [7, 11) is 3.06. The van der Waals surface area contributed by atoms with Gasteiger partial charge in [0.1, 0.15) is 0 Å². The Kier molecular flexibility index (Phi) is 6.72. The molecule has 1 aliphatic carbocycles. The predicted octanol–water partition coefficient (Wildman–Crippen LogP) is 4.61. The van der Waals surface area contributed by atoms with Gasteiger partial charge >= 0.3 is 6.03 Å². The average Bonchev–Trinajstić information content (AvgIpc) is 2.55. The van der Waals surface area contributed by atoms with Gasteiger partial charge < -0.3 is 5.32 Å². The molecule has 122 valence electrons. The molecule has 4 heteroatoms. The molecule has 0 atom stereocenters. The van der Waals surface area contributed by atoms with E-state index in [1.54, 1.807) is 7.05 Å². The normalized spacial score (nSPS) is 15.5. The number of nitrogens with one attached hydrogen (secondary N) is 1. The Labute approximate surface area is 133 Å². The lowest BCUT2D eigenvalue weighted by Gasteiger charge is -2.21. The van der Waals surface area contributed by atoms with Crippen molar-refractivity contribution < 1.29 is 9.63 Å². The third-order valence-corrected chi connectivity index (χ3v) is 4.54. The lowest BCUT2D eigenvalue weighted by atomic mass is 9.85.